The quantitative estimate of drug-likeness (QED) is 0.459. The zero-order chi connectivity index (χ0) is 21.1. The second-order valence-electron chi connectivity index (χ2n) is 6.88. The molecular formula is C23H19N3O4. The Morgan fingerprint density at radius 1 is 1.23 bits per heavy atom. The first kappa shape index (κ1) is 19.4. The van der Waals surface area contributed by atoms with Gasteiger partial charge in [0.1, 0.15) is 18.7 Å². The molecule has 0 aliphatic carbocycles. The molecule has 0 saturated carbocycles. The summed E-state index contributed by atoms with van der Waals surface area (Å²) in [7, 11) is 0. The van der Waals surface area contributed by atoms with Gasteiger partial charge in [-0.2, -0.15) is 5.26 Å². The van der Waals surface area contributed by atoms with E-state index >= 15 is 0 Å². The summed E-state index contributed by atoms with van der Waals surface area (Å²) in [6.45, 7) is 1.70. The van der Waals surface area contributed by atoms with E-state index in [1.165, 1.54) is 4.57 Å². The number of furan rings is 1. The van der Waals surface area contributed by atoms with Crippen LogP contribution in [0.25, 0.3) is 21.9 Å². The lowest BCUT2D eigenvalue weighted by atomic mass is 10.1. The van der Waals surface area contributed by atoms with Crippen LogP contribution in [0.1, 0.15) is 23.9 Å². The molecule has 0 spiro atoms. The van der Waals surface area contributed by atoms with Gasteiger partial charge >= 0.3 is 5.97 Å². The minimum atomic E-state index is -0.469. The highest BCUT2D eigenvalue weighted by molar-refractivity contribution is 5.86. The molecule has 0 aliphatic rings. The average Bonchev–Trinajstić information content (AvgIpc) is 3.16. The van der Waals surface area contributed by atoms with Crippen molar-refractivity contribution in [2.45, 2.75) is 32.9 Å². The molecule has 7 heteroatoms. The fraction of sp³-hybridized carbons (Fsp3) is 0.217. The van der Waals surface area contributed by atoms with E-state index in [0.717, 1.165) is 28.5 Å². The van der Waals surface area contributed by atoms with Crippen molar-refractivity contribution in [3.63, 3.8) is 0 Å². The first-order chi connectivity index (χ1) is 14.6. The van der Waals surface area contributed by atoms with Crippen LogP contribution in [0.2, 0.25) is 0 Å². The molecule has 4 aromatic rings. The van der Waals surface area contributed by atoms with Crippen molar-refractivity contribution in [1.82, 2.24) is 9.55 Å². The minimum absolute atomic E-state index is 0.0362. The normalized spacial score (nSPS) is 10.9. The Hall–Kier alpha value is -3.92. The van der Waals surface area contributed by atoms with Crippen LogP contribution in [-0.4, -0.2) is 15.5 Å². The van der Waals surface area contributed by atoms with Crippen molar-refractivity contribution >= 4 is 27.8 Å². The van der Waals surface area contributed by atoms with Crippen molar-refractivity contribution in [3.05, 3.63) is 76.0 Å². The SMILES string of the molecule is CCc1ccc2c(CC(=O)OCc3nc4ccccc4c(=O)n3CC#N)coc2c1. The fourth-order valence-corrected chi connectivity index (χ4v) is 3.39. The molecule has 0 atom stereocenters. The van der Waals surface area contributed by atoms with Crippen molar-refractivity contribution in [2.24, 2.45) is 0 Å². The Bertz CT molecular complexity index is 1340. The lowest BCUT2D eigenvalue weighted by Gasteiger charge is -2.11. The molecule has 0 amide bonds. The summed E-state index contributed by atoms with van der Waals surface area (Å²) in [5, 5.41) is 10.4. The van der Waals surface area contributed by atoms with E-state index in [4.69, 9.17) is 14.4 Å². The van der Waals surface area contributed by atoms with Gasteiger partial charge in [-0.25, -0.2) is 4.98 Å². The molecule has 0 fully saturated rings. The number of para-hydroxylation sites is 1. The topological polar surface area (TPSA) is 98.1 Å². The van der Waals surface area contributed by atoms with E-state index in [-0.39, 0.29) is 31.0 Å². The van der Waals surface area contributed by atoms with Gasteiger partial charge in [0.15, 0.2) is 5.82 Å². The van der Waals surface area contributed by atoms with Crippen LogP contribution in [0, 0.1) is 11.3 Å². The van der Waals surface area contributed by atoms with E-state index in [2.05, 4.69) is 11.9 Å². The number of aromatic nitrogens is 2. The number of hydrogen-bond acceptors (Lipinski definition) is 6. The Morgan fingerprint density at radius 2 is 2.07 bits per heavy atom. The van der Waals surface area contributed by atoms with Crippen LogP contribution in [-0.2, 0) is 35.5 Å². The van der Waals surface area contributed by atoms with E-state index in [1.807, 2.05) is 24.3 Å². The third-order valence-corrected chi connectivity index (χ3v) is 4.99. The van der Waals surface area contributed by atoms with E-state index in [9.17, 15) is 9.59 Å². The van der Waals surface area contributed by atoms with Gasteiger partial charge < -0.3 is 9.15 Å². The zero-order valence-corrected chi connectivity index (χ0v) is 16.4. The Balaban J connectivity index is 1.54. The van der Waals surface area contributed by atoms with Gasteiger partial charge in [-0.3, -0.25) is 14.2 Å². The number of fused-ring (bicyclic) bond motifs is 2. The minimum Gasteiger partial charge on any atom is -0.464 e. The van der Waals surface area contributed by atoms with E-state index < -0.39 is 5.97 Å². The zero-order valence-electron chi connectivity index (χ0n) is 16.4. The molecule has 2 aromatic carbocycles. The van der Waals surface area contributed by atoms with Gasteiger partial charge in [0, 0.05) is 10.9 Å². The van der Waals surface area contributed by atoms with Crippen molar-refractivity contribution in [2.75, 3.05) is 0 Å². The molecule has 30 heavy (non-hydrogen) atoms. The molecule has 0 unspecified atom stereocenters. The monoisotopic (exact) mass is 401 g/mol. The van der Waals surface area contributed by atoms with Gasteiger partial charge in [-0.05, 0) is 30.2 Å². The molecule has 0 radical (unpaired) electrons. The number of ether oxygens (including phenoxy) is 1. The van der Waals surface area contributed by atoms with E-state index in [0.29, 0.717) is 10.9 Å². The summed E-state index contributed by atoms with van der Waals surface area (Å²) in [6, 6.07) is 14.7. The van der Waals surface area contributed by atoms with Crippen molar-refractivity contribution in [3.8, 4) is 6.07 Å². The third-order valence-electron chi connectivity index (χ3n) is 4.99. The number of aryl methyl sites for hydroxylation is 1. The molecule has 150 valence electrons. The Morgan fingerprint density at radius 3 is 2.87 bits per heavy atom. The maximum Gasteiger partial charge on any atom is 0.310 e. The summed E-state index contributed by atoms with van der Waals surface area (Å²) < 4.78 is 12.2. The standard InChI is InChI=1S/C23H19N3O4/c1-2-15-7-8-17-16(13-29-20(17)11-15)12-22(27)30-14-21-25-19-6-4-3-5-18(19)23(28)26(21)10-9-24/h3-8,11,13H,2,10,12,14H2,1H3. The number of nitrogens with zero attached hydrogens (tertiary/aromatic N) is 3. The summed E-state index contributed by atoms with van der Waals surface area (Å²) in [5.41, 5.74) is 2.79. The van der Waals surface area contributed by atoms with Crippen molar-refractivity contribution in [1.29, 1.82) is 5.26 Å². The molecular weight excluding hydrogens is 382 g/mol. The summed E-state index contributed by atoms with van der Waals surface area (Å²) in [4.78, 5) is 29.5. The molecule has 0 aliphatic heterocycles. The lowest BCUT2D eigenvalue weighted by Crippen LogP contribution is -2.26. The van der Waals surface area contributed by atoms with Gasteiger partial charge in [0.25, 0.3) is 5.56 Å². The first-order valence-electron chi connectivity index (χ1n) is 9.60. The van der Waals surface area contributed by atoms with Crippen LogP contribution >= 0.6 is 0 Å². The number of carbonyl (C=O) groups is 1. The second-order valence-corrected chi connectivity index (χ2v) is 6.88. The molecule has 4 rings (SSSR count). The van der Waals surface area contributed by atoms with Gasteiger partial charge in [0.05, 0.1) is 29.7 Å². The third kappa shape index (κ3) is 3.67. The number of nitriles is 1. The molecule has 0 bridgehead atoms. The molecule has 0 saturated heterocycles. The highest BCUT2D eigenvalue weighted by atomic mass is 16.5. The summed E-state index contributed by atoms with van der Waals surface area (Å²) in [6.07, 6.45) is 2.50. The van der Waals surface area contributed by atoms with Gasteiger partial charge in [-0.1, -0.05) is 31.2 Å². The Kier molecular flexibility index (Phi) is 5.31. The summed E-state index contributed by atoms with van der Waals surface area (Å²) >= 11 is 0. The number of benzene rings is 2. The molecule has 0 N–H and O–H groups in total. The number of rotatable bonds is 6. The second kappa shape index (κ2) is 8.21. The smallest absolute Gasteiger partial charge is 0.310 e. The Labute approximate surface area is 172 Å². The van der Waals surface area contributed by atoms with Gasteiger partial charge in [0.2, 0.25) is 0 Å². The predicted octanol–water partition coefficient (Wildman–Crippen LogP) is 3.51. The first-order valence-corrected chi connectivity index (χ1v) is 9.60. The van der Waals surface area contributed by atoms with Gasteiger partial charge in [-0.15, -0.1) is 0 Å². The fourth-order valence-electron chi connectivity index (χ4n) is 3.39. The molecule has 2 aromatic heterocycles. The van der Waals surface area contributed by atoms with E-state index in [1.54, 1.807) is 30.5 Å². The number of hydrogen-bond donors (Lipinski definition) is 0. The van der Waals surface area contributed by atoms with Crippen LogP contribution in [0.15, 0.2) is 57.9 Å². The number of esters is 1. The molecule has 2 heterocycles. The maximum absolute atomic E-state index is 12.7. The van der Waals surface area contributed by atoms with Crippen molar-refractivity contribution < 1.29 is 13.9 Å². The van der Waals surface area contributed by atoms with Crippen LogP contribution in [0.4, 0.5) is 0 Å². The lowest BCUT2D eigenvalue weighted by molar-refractivity contribution is -0.144. The van der Waals surface area contributed by atoms with Crippen LogP contribution in [0.5, 0.6) is 0 Å². The predicted molar refractivity (Wildman–Crippen MR) is 111 cm³/mol. The van der Waals surface area contributed by atoms with Crippen LogP contribution < -0.4 is 5.56 Å². The highest BCUT2D eigenvalue weighted by Crippen LogP contribution is 2.23. The van der Waals surface area contributed by atoms with Crippen LogP contribution in [0.3, 0.4) is 0 Å². The highest BCUT2D eigenvalue weighted by Gasteiger charge is 2.15. The largest absolute Gasteiger partial charge is 0.464 e. The number of carbonyl (C=O) groups excluding carboxylic acids is 1. The summed E-state index contributed by atoms with van der Waals surface area (Å²) in [5.74, 6) is -0.235. The molecule has 7 nitrogen and oxygen atoms in total. The maximum atomic E-state index is 12.7. The average molecular weight is 401 g/mol.